The van der Waals surface area contributed by atoms with E-state index in [4.69, 9.17) is 34.8 Å². The Hall–Kier alpha value is -1.27. The molecule has 0 atom stereocenters. The van der Waals surface area contributed by atoms with Gasteiger partial charge in [-0.05, 0) is 24.6 Å². The predicted molar refractivity (Wildman–Crippen MR) is 101 cm³/mol. The molecule has 1 amide bonds. The van der Waals surface area contributed by atoms with Crippen LogP contribution < -0.4 is 0 Å². The number of carbonyl (C=O) groups is 1. The van der Waals surface area contributed by atoms with Crippen LogP contribution in [0.3, 0.4) is 0 Å². The van der Waals surface area contributed by atoms with Gasteiger partial charge in [0.1, 0.15) is 5.69 Å². The summed E-state index contributed by atoms with van der Waals surface area (Å²) < 4.78 is 1.56. The molecule has 0 N–H and O–H groups in total. The number of benzene rings is 1. The zero-order valence-electron chi connectivity index (χ0n) is 14.1. The highest BCUT2D eigenvalue weighted by Crippen LogP contribution is 2.24. The molecule has 1 aromatic heterocycles. The molecule has 5 nitrogen and oxygen atoms in total. The lowest BCUT2D eigenvalue weighted by molar-refractivity contribution is 0.0618. The second-order valence-electron chi connectivity index (χ2n) is 6.18. The molecule has 3 rings (SSSR count). The summed E-state index contributed by atoms with van der Waals surface area (Å²) in [5.41, 5.74) is 2.16. The molecule has 2 heterocycles. The van der Waals surface area contributed by atoms with Gasteiger partial charge in [0.25, 0.3) is 5.91 Å². The molecule has 1 aliphatic rings. The van der Waals surface area contributed by atoms with Crippen LogP contribution in [0.2, 0.25) is 15.1 Å². The molecule has 1 aromatic carbocycles. The van der Waals surface area contributed by atoms with E-state index in [9.17, 15) is 4.79 Å². The van der Waals surface area contributed by atoms with Crippen LogP contribution >= 0.6 is 34.8 Å². The van der Waals surface area contributed by atoms with E-state index in [1.54, 1.807) is 24.7 Å². The number of hydrogen-bond acceptors (Lipinski definition) is 3. The lowest BCUT2D eigenvalue weighted by Crippen LogP contribution is -2.48. The first-order chi connectivity index (χ1) is 11.9. The third-order valence-electron chi connectivity index (χ3n) is 4.42. The second kappa shape index (κ2) is 7.54. The first-order valence-electron chi connectivity index (χ1n) is 8.01. The molecule has 0 aliphatic carbocycles. The highest BCUT2D eigenvalue weighted by molar-refractivity contribution is 6.35. The summed E-state index contributed by atoms with van der Waals surface area (Å²) in [7, 11) is 1.74. The number of piperazine rings is 1. The third kappa shape index (κ3) is 3.95. The predicted octanol–water partition coefficient (Wildman–Crippen LogP) is 3.65. The highest BCUT2D eigenvalue weighted by atomic mass is 35.5. The third-order valence-corrected chi connectivity index (χ3v) is 5.46. The van der Waals surface area contributed by atoms with Crippen LogP contribution in [-0.2, 0) is 13.6 Å². The van der Waals surface area contributed by atoms with Gasteiger partial charge >= 0.3 is 0 Å². The maximum Gasteiger partial charge on any atom is 0.273 e. The first kappa shape index (κ1) is 18.5. The lowest BCUT2D eigenvalue weighted by Gasteiger charge is -2.34. The van der Waals surface area contributed by atoms with Crippen LogP contribution in [0.5, 0.6) is 0 Å². The Kier molecular flexibility index (Phi) is 5.58. The zero-order valence-corrected chi connectivity index (χ0v) is 16.4. The second-order valence-corrected chi connectivity index (χ2v) is 7.40. The van der Waals surface area contributed by atoms with Gasteiger partial charge in [-0.25, -0.2) is 0 Å². The van der Waals surface area contributed by atoms with Crippen molar-refractivity contribution in [2.45, 2.75) is 13.5 Å². The molecular formula is C17H19Cl3N4O. The minimum Gasteiger partial charge on any atom is -0.335 e. The van der Waals surface area contributed by atoms with Gasteiger partial charge in [0.2, 0.25) is 0 Å². The molecule has 1 aliphatic heterocycles. The lowest BCUT2D eigenvalue weighted by atomic mass is 10.2. The van der Waals surface area contributed by atoms with Crippen molar-refractivity contribution >= 4 is 40.7 Å². The molecule has 1 fully saturated rings. The zero-order chi connectivity index (χ0) is 18.1. The molecule has 2 aromatic rings. The summed E-state index contributed by atoms with van der Waals surface area (Å²) in [5, 5.41) is 5.95. The van der Waals surface area contributed by atoms with E-state index in [2.05, 4.69) is 10.00 Å². The smallest absolute Gasteiger partial charge is 0.273 e. The Labute approximate surface area is 162 Å². The molecule has 0 saturated carbocycles. The molecule has 1 saturated heterocycles. The number of amides is 1. The number of halogens is 3. The maximum absolute atomic E-state index is 12.7. The van der Waals surface area contributed by atoms with Gasteiger partial charge in [-0.15, -0.1) is 0 Å². The Morgan fingerprint density at radius 1 is 1.16 bits per heavy atom. The van der Waals surface area contributed by atoms with Crippen molar-refractivity contribution in [3.05, 3.63) is 50.2 Å². The standard InChI is InChI=1S/C17H19Cl3N4O/c1-11-15(20)16(22(2)21-11)17(25)24-7-5-23(6-8-24)10-12-3-4-13(18)9-14(12)19/h3-4,9H,5-8,10H2,1-2H3. The van der Waals surface area contributed by atoms with Crippen molar-refractivity contribution in [3.63, 3.8) is 0 Å². The van der Waals surface area contributed by atoms with Crippen molar-refractivity contribution in [1.82, 2.24) is 19.6 Å². The molecule has 25 heavy (non-hydrogen) atoms. The van der Waals surface area contributed by atoms with Gasteiger partial charge in [0, 0.05) is 49.8 Å². The van der Waals surface area contributed by atoms with E-state index < -0.39 is 0 Å². The number of aromatic nitrogens is 2. The fourth-order valence-electron chi connectivity index (χ4n) is 3.01. The van der Waals surface area contributed by atoms with Gasteiger partial charge in [-0.2, -0.15) is 5.10 Å². The van der Waals surface area contributed by atoms with E-state index in [0.29, 0.717) is 39.5 Å². The van der Waals surface area contributed by atoms with E-state index in [1.807, 2.05) is 17.0 Å². The van der Waals surface area contributed by atoms with Crippen LogP contribution in [0, 0.1) is 6.92 Å². The number of carbonyl (C=O) groups excluding carboxylic acids is 1. The average molecular weight is 402 g/mol. The van der Waals surface area contributed by atoms with Gasteiger partial charge in [0.05, 0.1) is 10.7 Å². The van der Waals surface area contributed by atoms with E-state index in [-0.39, 0.29) is 5.91 Å². The summed E-state index contributed by atoms with van der Waals surface area (Å²) in [5.74, 6) is -0.0720. The first-order valence-corrected chi connectivity index (χ1v) is 9.15. The van der Waals surface area contributed by atoms with Crippen LogP contribution in [-0.4, -0.2) is 51.7 Å². The normalized spacial score (nSPS) is 15.6. The summed E-state index contributed by atoms with van der Waals surface area (Å²) in [6.07, 6.45) is 0. The molecule has 8 heteroatoms. The van der Waals surface area contributed by atoms with Crippen LogP contribution in [0.4, 0.5) is 0 Å². The molecular weight excluding hydrogens is 383 g/mol. The fourth-order valence-corrected chi connectivity index (χ4v) is 3.72. The number of rotatable bonds is 3. The van der Waals surface area contributed by atoms with Gasteiger partial charge in [0.15, 0.2) is 0 Å². The minimum absolute atomic E-state index is 0.0720. The quantitative estimate of drug-likeness (QED) is 0.788. The monoisotopic (exact) mass is 400 g/mol. The Bertz CT molecular complexity index is 797. The Morgan fingerprint density at radius 3 is 2.40 bits per heavy atom. The fraction of sp³-hybridized carbons (Fsp3) is 0.412. The molecule has 0 bridgehead atoms. The van der Waals surface area contributed by atoms with Gasteiger partial charge in [-0.1, -0.05) is 40.9 Å². The summed E-state index contributed by atoms with van der Waals surface area (Å²) in [6.45, 7) is 5.38. The highest BCUT2D eigenvalue weighted by Gasteiger charge is 2.27. The number of nitrogens with zero attached hydrogens (tertiary/aromatic N) is 4. The molecule has 0 spiro atoms. The summed E-state index contributed by atoms with van der Waals surface area (Å²) in [4.78, 5) is 16.8. The van der Waals surface area contributed by atoms with E-state index in [1.165, 1.54) is 0 Å². The maximum atomic E-state index is 12.7. The van der Waals surface area contributed by atoms with Crippen molar-refractivity contribution in [3.8, 4) is 0 Å². The Balaban J connectivity index is 1.62. The van der Waals surface area contributed by atoms with Crippen LogP contribution in [0.25, 0.3) is 0 Å². The van der Waals surface area contributed by atoms with Gasteiger partial charge in [-0.3, -0.25) is 14.4 Å². The number of hydrogen-bond donors (Lipinski definition) is 0. The topological polar surface area (TPSA) is 41.4 Å². The van der Waals surface area contributed by atoms with E-state index in [0.717, 1.165) is 25.2 Å². The SMILES string of the molecule is Cc1nn(C)c(C(=O)N2CCN(Cc3ccc(Cl)cc3Cl)CC2)c1Cl. The van der Waals surface area contributed by atoms with Crippen molar-refractivity contribution in [1.29, 1.82) is 0 Å². The molecule has 134 valence electrons. The largest absolute Gasteiger partial charge is 0.335 e. The van der Waals surface area contributed by atoms with Crippen molar-refractivity contribution in [2.75, 3.05) is 26.2 Å². The molecule has 0 unspecified atom stereocenters. The van der Waals surface area contributed by atoms with Gasteiger partial charge < -0.3 is 4.90 Å². The minimum atomic E-state index is -0.0720. The number of aryl methyl sites for hydroxylation is 2. The van der Waals surface area contributed by atoms with E-state index >= 15 is 0 Å². The summed E-state index contributed by atoms with van der Waals surface area (Å²) in [6, 6.07) is 5.54. The van der Waals surface area contributed by atoms with Crippen molar-refractivity contribution < 1.29 is 4.79 Å². The molecule has 0 radical (unpaired) electrons. The average Bonchev–Trinajstić information content (AvgIpc) is 2.83. The van der Waals surface area contributed by atoms with Crippen molar-refractivity contribution in [2.24, 2.45) is 7.05 Å². The summed E-state index contributed by atoms with van der Waals surface area (Å²) >= 11 is 18.4. The van der Waals surface area contributed by atoms with Crippen LogP contribution in [0.15, 0.2) is 18.2 Å². The van der Waals surface area contributed by atoms with Crippen LogP contribution in [0.1, 0.15) is 21.7 Å². The Morgan fingerprint density at radius 2 is 1.84 bits per heavy atom.